The highest BCUT2D eigenvalue weighted by Crippen LogP contribution is 2.37. The largest absolute Gasteiger partial charge is 0.493 e. The molecule has 0 radical (unpaired) electrons. The molecule has 1 aromatic rings. The summed E-state index contributed by atoms with van der Waals surface area (Å²) in [6.07, 6.45) is 1.16. The fraction of sp³-hybridized carbons (Fsp3) is 0.500. The van der Waals surface area contributed by atoms with Crippen LogP contribution in [0.15, 0.2) is 24.3 Å². The van der Waals surface area contributed by atoms with Gasteiger partial charge in [0, 0.05) is 0 Å². The van der Waals surface area contributed by atoms with E-state index in [9.17, 15) is 0 Å². The Kier molecular flexibility index (Phi) is 2.26. The van der Waals surface area contributed by atoms with E-state index >= 15 is 0 Å². The van der Waals surface area contributed by atoms with E-state index in [4.69, 9.17) is 4.74 Å². The lowest BCUT2D eigenvalue weighted by atomic mass is 9.84. The first-order valence-corrected chi connectivity index (χ1v) is 5.01. The van der Waals surface area contributed by atoms with Crippen LogP contribution in [-0.2, 0) is 0 Å². The summed E-state index contributed by atoms with van der Waals surface area (Å²) in [6, 6.07) is 8.41. The SMILES string of the molecule is CC(C)[C@H]1CCOc2ccccc21. The molecule has 0 spiro atoms. The van der Waals surface area contributed by atoms with Crippen LogP contribution < -0.4 is 4.74 Å². The van der Waals surface area contributed by atoms with Crippen LogP contribution in [-0.4, -0.2) is 6.61 Å². The van der Waals surface area contributed by atoms with Gasteiger partial charge >= 0.3 is 0 Å². The Morgan fingerprint density at radius 2 is 2.08 bits per heavy atom. The molecule has 0 aliphatic carbocycles. The molecule has 2 rings (SSSR count). The smallest absolute Gasteiger partial charge is 0.122 e. The molecule has 0 saturated carbocycles. The maximum absolute atomic E-state index is 5.60. The highest BCUT2D eigenvalue weighted by Gasteiger charge is 2.23. The van der Waals surface area contributed by atoms with E-state index < -0.39 is 0 Å². The van der Waals surface area contributed by atoms with Crippen molar-refractivity contribution < 1.29 is 4.74 Å². The third kappa shape index (κ3) is 1.55. The molecule has 0 aromatic heterocycles. The van der Waals surface area contributed by atoms with Gasteiger partial charge in [-0.15, -0.1) is 0 Å². The van der Waals surface area contributed by atoms with Crippen molar-refractivity contribution >= 4 is 0 Å². The fourth-order valence-electron chi connectivity index (χ4n) is 2.06. The maximum Gasteiger partial charge on any atom is 0.122 e. The van der Waals surface area contributed by atoms with Crippen molar-refractivity contribution in [2.24, 2.45) is 5.92 Å². The summed E-state index contributed by atoms with van der Waals surface area (Å²) in [4.78, 5) is 0. The number of fused-ring (bicyclic) bond motifs is 1. The highest BCUT2D eigenvalue weighted by atomic mass is 16.5. The molecule has 0 bridgehead atoms. The topological polar surface area (TPSA) is 9.23 Å². The Labute approximate surface area is 79.7 Å². The predicted octanol–water partition coefficient (Wildman–Crippen LogP) is 3.21. The Bertz CT molecular complexity index is 291. The van der Waals surface area contributed by atoms with Gasteiger partial charge in [0.15, 0.2) is 0 Å². The van der Waals surface area contributed by atoms with Gasteiger partial charge in [0.2, 0.25) is 0 Å². The van der Waals surface area contributed by atoms with E-state index in [2.05, 4.69) is 32.0 Å². The molecular formula is C12H16O. The molecule has 0 unspecified atom stereocenters. The van der Waals surface area contributed by atoms with Gasteiger partial charge in [-0.3, -0.25) is 0 Å². The van der Waals surface area contributed by atoms with E-state index in [1.807, 2.05) is 6.07 Å². The fourth-order valence-corrected chi connectivity index (χ4v) is 2.06. The molecule has 1 aliphatic heterocycles. The first kappa shape index (κ1) is 8.61. The summed E-state index contributed by atoms with van der Waals surface area (Å²) in [7, 11) is 0. The molecule has 0 fully saturated rings. The number of para-hydroxylation sites is 1. The van der Waals surface area contributed by atoms with Crippen LogP contribution in [0.25, 0.3) is 0 Å². The Morgan fingerprint density at radius 3 is 2.85 bits per heavy atom. The van der Waals surface area contributed by atoms with Gasteiger partial charge in [0.25, 0.3) is 0 Å². The van der Waals surface area contributed by atoms with Crippen LogP contribution in [0, 0.1) is 5.92 Å². The summed E-state index contributed by atoms with van der Waals surface area (Å²) in [5, 5.41) is 0. The minimum absolute atomic E-state index is 0.685. The monoisotopic (exact) mass is 176 g/mol. The van der Waals surface area contributed by atoms with Crippen LogP contribution in [0.3, 0.4) is 0 Å². The standard InChI is InChI=1S/C12H16O/c1-9(2)10-7-8-13-12-6-4-3-5-11(10)12/h3-6,9-10H,7-8H2,1-2H3/t10-/m1/s1. The zero-order chi connectivity index (χ0) is 9.26. The van der Waals surface area contributed by atoms with Crippen LogP contribution in [0.5, 0.6) is 5.75 Å². The van der Waals surface area contributed by atoms with Gasteiger partial charge in [0.1, 0.15) is 5.75 Å². The number of hydrogen-bond donors (Lipinski definition) is 0. The van der Waals surface area contributed by atoms with E-state index in [-0.39, 0.29) is 0 Å². The van der Waals surface area contributed by atoms with E-state index in [0.717, 1.165) is 18.8 Å². The highest BCUT2D eigenvalue weighted by molar-refractivity contribution is 5.37. The summed E-state index contributed by atoms with van der Waals surface area (Å²) in [5.74, 6) is 2.49. The van der Waals surface area contributed by atoms with Crippen molar-refractivity contribution in [1.29, 1.82) is 0 Å². The van der Waals surface area contributed by atoms with E-state index in [1.54, 1.807) is 0 Å². The third-order valence-corrected chi connectivity index (χ3v) is 2.81. The zero-order valence-electron chi connectivity index (χ0n) is 8.29. The molecule has 1 aliphatic rings. The molecule has 70 valence electrons. The van der Waals surface area contributed by atoms with E-state index in [1.165, 1.54) is 5.56 Å². The lowest BCUT2D eigenvalue weighted by Gasteiger charge is -2.28. The molecule has 0 N–H and O–H groups in total. The predicted molar refractivity (Wildman–Crippen MR) is 54.1 cm³/mol. The molecule has 1 atom stereocenters. The lowest BCUT2D eigenvalue weighted by molar-refractivity contribution is 0.247. The number of hydrogen-bond acceptors (Lipinski definition) is 1. The molecular weight excluding hydrogens is 160 g/mol. The average Bonchev–Trinajstić information content (AvgIpc) is 2.17. The van der Waals surface area contributed by atoms with Gasteiger partial charge in [-0.05, 0) is 29.9 Å². The zero-order valence-corrected chi connectivity index (χ0v) is 8.29. The number of rotatable bonds is 1. The van der Waals surface area contributed by atoms with E-state index in [0.29, 0.717) is 11.8 Å². The van der Waals surface area contributed by atoms with Crippen molar-refractivity contribution in [3.8, 4) is 5.75 Å². The first-order chi connectivity index (χ1) is 6.29. The Hall–Kier alpha value is -0.980. The van der Waals surface area contributed by atoms with Crippen LogP contribution >= 0.6 is 0 Å². The summed E-state index contributed by atoms with van der Waals surface area (Å²) < 4.78 is 5.60. The van der Waals surface area contributed by atoms with Crippen molar-refractivity contribution in [1.82, 2.24) is 0 Å². The lowest BCUT2D eigenvalue weighted by Crippen LogP contribution is -2.17. The van der Waals surface area contributed by atoms with Gasteiger partial charge in [0.05, 0.1) is 6.61 Å². The second-order valence-electron chi connectivity index (χ2n) is 4.03. The Balaban J connectivity index is 2.37. The van der Waals surface area contributed by atoms with Gasteiger partial charge in [-0.1, -0.05) is 32.0 Å². The summed E-state index contributed by atoms with van der Waals surface area (Å²) in [6.45, 7) is 5.44. The molecule has 1 heterocycles. The molecule has 0 amide bonds. The second kappa shape index (κ2) is 3.41. The third-order valence-electron chi connectivity index (χ3n) is 2.81. The minimum Gasteiger partial charge on any atom is -0.493 e. The van der Waals surface area contributed by atoms with Crippen molar-refractivity contribution in [3.63, 3.8) is 0 Å². The second-order valence-corrected chi connectivity index (χ2v) is 4.03. The first-order valence-electron chi connectivity index (χ1n) is 5.01. The average molecular weight is 176 g/mol. The Morgan fingerprint density at radius 1 is 1.31 bits per heavy atom. The van der Waals surface area contributed by atoms with Crippen LogP contribution in [0.1, 0.15) is 31.7 Å². The summed E-state index contributed by atoms with van der Waals surface area (Å²) in [5.41, 5.74) is 1.39. The van der Waals surface area contributed by atoms with Crippen LogP contribution in [0.2, 0.25) is 0 Å². The molecule has 1 aromatic carbocycles. The van der Waals surface area contributed by atoms with Crippen LogP contribution in [0.4, 0.5) is 0 Å². The molecule has 13 heavy (non-hydrogen) atoms. The van der Waals surface area contributed by atoms with Gasteiger partial charge in [-0.25, -0.2) is 0 Å². The normalized spacial score (nSPS) is 21.0. The van der Waals surface area contributed by atoms with Gasteiger partial charge < -0.3 is 4.74 Å². The van der Waals surface area contributed by atoms with Crippen molar-refractivity contribution in [3.05, 3.63) is 29.8 Å². The van der Waals surface area contributed by atoms with Crippen molar-refractivity contribution in [2.45, 2.75) is 26.2 Å². The number of benzene rings is 1. The quantitative estimate of drug-likeness (QED) is 0.638. The van der Waals surface area contributed by atoms with Crippen molar-refractivity contribution in [2.75, 3.05) is 6.61 Å². The molecule has 1 heteroatoms. The maximum atomic E-state index is 5.60. The number of ether oxygens (including phenoxy) is 1. The molecule has 1 nitrogen and oxygen atoms in total. The summed E-state index contributed by atoms with van der Waals surface area (Å²) >= 11 is 0. The molecule has 0 saturated heterocycles. The minimum atomic E-state index is 0.685. The van der Waals surface area contributed by atoms with Gasteiger partial charge in [-0.2, -0.15) is 0 Å².